The van der Waals surface area contributed by atoms with Gasteiger partial charge >= 0.3 is 0 Å². The highest BCUT2D eigenvalue weighted by Gasteiger charge is 2.13. The zero-order chi connectivity index (χ0) is 14.9. The number of benzene rings is 1. The van der Waals surface area contributed by atoms with Crippen LogP contribution in [0.25, 0.3) is 0 Å². The standard InChI is InChI=1S/C17H22N2O2/c1-15(21-16-9-3-2-4-10-16)17(20)18-11-5-6-12-19-13-7-8-14-19/h2-4,9-10,15H,7-8,11-14H2,1H3,(H,18,20)/t15-/m1/s1. The number of nitrogens with zero attached hydrogens (tertiary/aromatic N) is 1. The van der Waals surface area contributed by atoms with Crippen LogP contribution >= 0.6 is 0 Å². The fourth-order valence-corrected chi connectivity index (χ4v) is 2.20. The molecule has 1 aromatic rings. The van der Waals surface area contributed by atoms with Crippen molar-refractivity contribution in [3.8, 4) is 17.6 Å². The fraction of sp³-hybridized carbons (Fsp3) is 0.471. The van der Waals surface area contributed by atoms with Gasteiger partial charge in [-0.15, -0.1) is 0 Å². The average molecular weight is 286 g/mol. The Kier molecular flexibility index (Phi) is 6.11. The molecule has 1 aliphatic rings. The van der Waals surface area contributed by atoms with E-state index in [0.29, 0.717) is 12.3 Å². The first-order valence-electron chi connectivity index (χ1n) is 7.43. The number of likely N-dealkylation sites (tertiary alicyclic amines) is 1. The summed E-state index contributed by atoms with van der Waals surface area (Å²) in [7, 11) is 0. The summed E-state index contributed by atoms with van der Waals surface area (Å²) in [6, 6.07) is 9.33. The molecule has 1 N–H and O–H groups in total. The molecule has 4 nitrogen and oxygen atoms in total. The van der Waals surface area contributed by atoms with Gasteiger partial charge < -0.3 is 10.1 Å². The number of carbonyl (C=O) groups is 1. The molecule has 0 radical (unpaired) electrons. The van der Waals surface area contributed by atoms with Crippen molar-refractivity contribution in [2.45, 2.75) is 25.9 Å². The van der Waals surface area contributed by atoms with E-state index in [2.05, 4.69) is 22.1 Å². The largest absolute Gasteiger partial charge is 0.481 e. The Bertz CT molecular complexity index is 499. The van der Waals surface area contributed by atoms with Gasteiger partial charge in [0.05, 0.1) is 13.1 Å². The highest BCUT2D eigenvalue weighted by atomic mass is 16.5. The van der Waals surface area contributed by atoms with Crippen molar-refractivity contribution in [3.05, 3.63) is 30.3 Å². The maximum Gasteiger partial charge on any atom is 0.261 e. The molecule has 0 bridgehead atoms. The molecular formula is C17H22N2O2. The molecule has 1 atom stereocenters. The minimum absolute atomic E-state index is 0.144. The van der Waals surface area contributed by atoms with Crippen LogP contribution in [0.3, 0.4) is 0 Å². The summed E-state index contributed by atoms with van der Waals surface area (Å²) in [6.07, 6.45) is 2.02. The van der Waals surface area contributed by atoms with E-state index in [1.54, 1.807) is 6.92 Å². The molecule has 0 unspecified atom stereocenters. The average Bonchev–Trinajstić information content (AvgIpc) is 3.01. The van der Waals surface area contributed by atoms with Gasteiger partial charge in [-0.2, -0.15) is 0 Å². The van der Waals surface area contributed by atoms with Crippen LogP contribution in [0.15, 0.2) is 30.3 Å². The maximum absolute atomic E-state index is 11.9. The molecule has 4 heteroatoms. The Balaban J connectivity index is 1.65. The molecule has 1 aliphatic heterocycles. The van der Waals surface area contributed by atoms with Crippen molar-refractivity contribution in [1.29, 1.82) is 0 Å². The van der Waals surface area contributed by atoms with Crippen molar-refractivity contribution in [1.82, 2.24) is 10.2 Å². The molecule has 112 valence electrons. The molecule has 0 saturated carbocycles. The highest BCUT2D eigenvalue weighted by Crippen LogP contribution is 2.10. The van der Waals surface area contributed by atoms with Crippen LogP contribution in [0.5, 0.6) is 5.75 Å². The monoisotopic (exact) mass is 286 g/mol. The third-order valence-electron chi connectivity index (χ3n) is 3.40. The quantitative estimate of drug-likeness (QED) is 0.837. The molecule has 2 rings (SSSR count). The van der Waals surface area contributed by atoms with Gasteiger partial charge in [0, 0.05) is 0 Å². The first-order valence-corrected chi connectivity index (χ1v) is 7.43. The van der Waals surface area contributed by atoms with E-state index in [0.717, 1.165) is 19.6 Å². The van der Waals surface area contributed by atoms with E-state index in [1.807, 2.05) is 30.3 Å². The summed E-state index contributed by atoms with van der Waals surface area (Å²) in [5, 5.41) is 2.77. The van der Waals surface area contributed by atoms with Gasteiger partial charge in [0.25, 0.3) is 5.91 Å². The van der Waals surface area contributed by atoms with Gasteiger partial charge in [-0.05, 0) is 45.0 Å². The van der Waals surface area contributed by atoms with Gasteiger partial charge in [-0.25, -0.2) is 0 Å². The number of ether oxygens (including phenoxy) is 1. The lowest BCUT2D eigenvalue weighted by Crippen LogP contribution is -2.36. The first-order chi connectivity index (χ1) is 10.3. The predicted octanol–water partition coefficient (Wildman–Crippen LogP) is 1.67. The number of amides is 1. The van der Waals surface area contributed by atoms with Crippen LogP contribution in [-0.2, 0) is 4.79 Å². The number of hydrogen-bond acceptors (Lipinski definition) is 3. The summed E-state index contributed by atoms with van der Waals surface area (Å²) in [5.41, 5.74) is 0. The molecular weight excluding hydrogens is 264 g/mol. The molecule has 0 spiro atoms. The molecule has 1 fully saturated rings. The van der Waals surface area contributed by atoms with E-state index >= 15 is 0 Å². The number of hydrogen-bond donors (Lipinski definition) is 1. The normalized spacial score (nSPS) is 15.9. The smallest absolute Gasteiger partial charge is 0.261 e. The SMILES string of the molecule is C[C@@H](Oc1ccccc1)C(=O)NCC#CCN1CCCC1. The highest BCUT2D eigenvalue weighted by molar-refractivity contribution is 5.80. The van der Waals surface area contributed by atoms with Crippen molar-refractivity contribution in [2.75, 3.05) is 26.2 Å². The molecule has 21 heavy (non-hydrogen) atoms. The summed E-state index contributed by atoms with van der Waals surface area (Å²) in [4.78, 5) is 14.2. The lowest BCUT2D eigenvalue weighted by atomic mass is 10.3. The second kappa shape index (κ2) is 8.33. The van der Waals surface area contributed by atoms with E-state index in [-0.39, 0.29) is 5.91 Å². The van der Waals surface area contributed by atoms with Gasteiger partial charge in [-0.3, -0.25) is 9.69 Å². The van der Waals surface area contributed by atoms with Crippen LogP contribution in [0.1, 0.15) is 19.8 Å². The van der Waals surface area contributed by atoms with Crippen LogP contribution in [-0.4, -0.2) is 43.1 Å². The lowest BCUT2D eigenvalue weighted by molar-refractivity contribution is -0.126. The molecule has 1 heterocycles. The summed E-state index contributed by atoms with van der Waals surface area (Å²) in [6.45, 7) is 5.19. The van der Waals surface area contributed by atoms with Gasteiger partial charge in [0.2, 0.25) is 0 Å². The minimum Gasteiger partial charge on any atom is -0.481 e. The topological polar surface area (TPSA) is 41.6 Å². The molecule has 1 aromatic carbocycles. The van der Waals surface area contributed by atoms with E-state index in [4.69, 9.17) is 4.74 Å². The van der Waals surface area contributed by atoms with E-state index in [9.17, 15) is 4.79 Å². The van der Waals surface area contributed by atoms with Crippen molar-refractivity contribution in [2.24, 2.45) is 0 Å². The van der Waals surface area contributed by atoms with Crippen LogP contribution in [0.4, 0.5) is 0 Å². The van der Waals surface area contributed by atoms with Gasteiger partial charge in [0.1, 0.15) is 5.75 Å². The van der Waals surface area contributed by atoms with Gasteiger partial charge in [-0.1, -0.05) is 30.0 Å². The summed E-state index contributed by atoms with van der Waals surface area (Å²) in [5.74, 6) is 6.63. The number of rotatable bonds is 5. The minimum atomic E-state index is -0.521. The number of nitrogens with one attached hydrogen (secondary N) is 1. The van der Waals surface area contributed by atoms with Crippen molar-refractivity contribution < 1.29 is 9.53 Å². The number of carbonyl (C=O) groups excluding carboxylic acids is 1. The molecule has 0 aliphatic carbocycles. The van der Waals surface area contributed by atoms with Crippen molar-refractivity contribution >= 4 is 5.91 Å². The van der Waals surface area contributed by atoms with E-state index < -0.39 is 6.10 Å². The molecule has 0 aromatic heterocycles. The van der Waals surface area contributed by atoms with Crippen LogP contribution in [0, 0.1) is 11.8 Å². The Morgan fingerprint density at radius 1 is 1.29 bits per heavy atom. The van der Waals surface area contributed by atoms with Crippen LogP contribution < -0.4 is 10.1 Å². The van der Waals surface area contributed by atoms with E-state index in [1.165, 1.54) is 12.8 Å². The first kappa shape index (κ1) is 15.4. The summed E-state index contributed by atoms with van der Waals surface area (Å²) < 4.78 is 5.55. The van der Waals surface area contributed by atoms with Crippen LogP contribution in [0.2, 0.25) is 0 Å². The van der Waals surface area contributed by atoms with Gasteiger partial charge in [0.15, 0.2) is 6.10 Å². The van der Waals surface area contributed by atoms with Crippen molar-refractivity contribution in [3.63, 3.8) is 0 Å². The zero-order valence-electron chi connectivity index (χ0n) is 12.5. The Hall–Kier alpha value is -1.99. The second-order valence-corrected chi connectivity index (χ2v) is 5.13. The third-order valence-corrected chi connectivity index (χ3v) is 3.40. The molecule has 1 amide bonds. The lowest BCUT2D eigenvalue weighted by Gasteiger charge is -2.13. The zero-order valence-corrected chi connectivity index (χ0v) is 12.5. The second-order valence-electron chi connectivity index (χ2n) is 5.13. The molecule has 1 saturated heterocycles. The Morgan fingerprint density at radius 2 is 2.00 bits per heavy atom. The predicted molar refractivity (Wildman–Crippen MR) is 83.0 cm³/mol. The maximum atomic E-state index is 11.9. The fourth-order valence-electron chi connectivity index (χ4n) is 2.20. The Labute approximate surface area is 126 Å². The Morgan fingerprint density at radius 3 is 2.71 bits per heavy atom. The summed E-state index contributed by atoms with van der Waals surface area (Å²) >= 11 is 0. The number of para-hydroxylation sites is 1. The third kappa shape index (κ3) is 5.49.